The SMILES string of the molecule is COC(=O)[C@@H](NC(=O)OCC(Cl)(Cl)Cl)[C@H](O)c1ccccc1. The molecule has 0 spiro atoms. The molecule has 0 fully saturated rings. The van der Waals surface area contributed by atoms with Crippen molar-refractivity contribution in [1.29, 1.82) is 0 Å². The van der Waals surface area contributed by atoms with E-state index in [9.17, 15) is 14.7 Å². The molecule has 9 heteroatoms. The van der Waals surface area contributed by atoms with Crippen LogP contribution in [0.25, 0.3) is 0 Å². The lowest BCUT2D eigenvalue weighted by Crippen LogP contribution is -2.46. The first-order chi connectivity index (χ1) is 10.2. The van der Waals surface area contributed by atoms with Crippen LogP contribution in [0.2, 0.25) is 0 Å². The van der Waals surface area contributed by atoms with Gasteiger partial charge in [0.25, 0.3) is 0 Å². The van der Waals surface area contributed by atoms with Crippen LogP contribution in [0, 0.1) is 0 Å². The number of ether oxygens (including phenoxy) is 2. The zero-order valence-corrected chi connectivity index (χ0v) is 13.7. The highest BCUT2D eigenvalue weighted by Gasteiger charge is 2.32. The number of methoxy groups -OCH3 is 1. The summed E-state index contributed by atoms with van der Waals surface area (Å²) in [5.74, 6) is -0.845. The Hall–Kier alpha value is -1.21. The third kappa shape index (κ3) is 6.27. The molecule has 0 unspecified atom stereocenters. The molecular weight excluding hydrogens is 357 g/mol. The third-order valence-corrected chi connectivity index (χ3v) is 2.88. The van der Waals surface area contributed by atoms with Crippen molar-refractivity contribution in [2.75, 3.05) is 13.7 Å². The Labute approximate surface area is 142 Å². The number of hydrogen-bond acceptors (Lipinski definition) is 5. The highest BCUT2D eigenvalue weighted by Crippen LogP contribution is 2.26. The van der Waals surface area contributed by atoms with Gasteiger partial charge in [0.1, 0.15) is 12.7 Å². The average Bonchev–Trinajstić information content (AvgIpc) is 2.49. The lowest BCUT2D eigenvalue weighted by Gasteiger charge is -2.22. The predicted octanol–water partition coefficient (Wildman–Crippen LogP) is 2.36. The van der Waals surface area contributed by atoms with Gasteiger partial charge in [-0.2, -0.15) is 0 Å². The summed E-state index contributed by atoms with van der Waals surface area (Å²) in [6.07, 6.45) is -2.36. The van der Waals surface area contributed by atoms with Crippen LogP contribution in [-0.2, 0) is 14.3 Å². The maximum atomic E-state index is 11.7. The monoisotopic (exact) mass is 369 g/mol. The van der Waals surface area contributed by atoms with E-state index in [1.807, 2.05) is 0 Å². The Balaban J connectivity index is 2.77. The summed E-state index contributed by atoms with van der Waals surface area (Å²) in [4.78, 5) is 23.4. The Kier molecular flexibility index (Phi) is 7.22. The van der Waals surface area contributed by atoms with Crippen LogP contribution in [0.1, 0.15) is 11.7 Å². The molecule has 2 atom stereocenters. The second-order valence-corrected chi connectivity index (χ2v) is 6.71. The molecule has 0 aliphatic heterocycles. The Morgan fingerprint density at radius 3 is 2.36 bits per heavy atom. The zero-order chi connectivity index (χ0) is 16.8. The lowest BCUT2D eigenvalue weighted by molar-refractivity contribution is -0.146. The Morgan fingerprint density at radius 1 is 1.27 bits per heavy atom. The smallest absolute Gasteiger partial charge is 0.408 e. The molecule has 0 aliphatic carbocycles. The van der Waals surface area contributed by atoms with Crippen molar-refractivity contribution < 1.29 is 24.2 Å². The molecule has 22 heavy (non-hydrogen) atoms. The van der Waals surface area contributed by atoms with Crippen molar-refractivity contribution in [2.45, 2.75) is 15.9 Å². The molecule has 0 radical (unpaired) electrons. The molecule has 1 aromatic carbocycles. The summed E-state index contributed by atoms with van der Waals surface area (Å²) in [6, 6.07) is 6.91. The maximum absolute atomic E-state index is 11.7. The molecule has 0 saturated carbocycles. The van der Waals surface area contributed by atoms with Gasteiger partial charge in [-0.25, -0.2) is 9.59 Å². The first-order valence-corrected chi connectivity index (χ1v) is 7.19. The second-order valence-electron chi connectivity index (χ2n) is 4.19. The van der Waals surface area contributed by atoms with Gasteiger partial charge in [0, 0.05) is 0 Å². The van der Waals surface area contributed by atoms with Crippen LogP contribution >= 0.6 is 34.8 Å². The van der Waals surface area contributed by atoms with Gasteiger partial charge < -0.3 is 19.9 Å². The molecule has 0 saturated heterocycles. The van der Waals surface area contributed by atoms with Gasteiger partial charge in [0.15, 0.2) is 6.04 Å². The number of halogens is 3. The first kappa shape index (κ1) is 18.8. The van der Waals surface area contributed by atoms with Gasteiger partial charge >= 0.3 is 12.1 Å². The van der Waals surface area contributed by atoms with Gasteiger partial charge in [0.05, 0.1) is 7.11 Å². The number of esters is 1. The second kappa shape index (κ2) is 8.43. The summed E-state index contributed by atoms with van der Waals surface area (Å²) >= 11 is 16.3. The van der Waals surface area contributed by atoms with Gasteiger partial charge in [-0.3, -0.25) is 0 Å². The fourth-order valence-corrected chi connectivity index (χ4v) is 1.72. The van der Waals surface area contributed by atoms with E-state index in [-0.39, 0.29) is 0 Å². The Morgan fingerprint density at radius 2 is 1.86 bits per heavy atom. The van der Waals surface area contributed by atoms with Crippen LogP contribution in [0.5, 0.6) is 0 Å². The number of amides is 1. The van der Waals surface area contributed by atoms with E-state index in [1.54, 1.807) is 30.3 Å². The normalized spacial score (nSPS) is 13.9. The lowest BCUT2D eigenvalue weighted by atomic mass is 10.0. The molecule has 1 aromatic rings. The number of benzene rings is 1. The molecule has 1 amide bonds. The highest BCUT2D eigenvalue weighted by molar-refractivity contribution is 6.67. The number of alkyl carbamates (subject to hydrolysis) is 1. The fourth-order valence-electron chi connectivity index (χ4n) is 1.55. The van der Waals surface area contributed by atoms with Crippen LogP contribution in [-0.4, -0.2) is 40.7 Å². The molecule has 0 aromatic heterocycles. The minimum Gasteiger partial charge on any atom is -0.467 e. The van der Waals surface area contributed by atoms with E-state index in [1.165, 1.54) is 0 Å². The van der Waals surface area contributed by atoms with Gasteiger partial charge in [-0.15, -0.1) is 0 Å². The van der Waals surface area contributed by atoms with Crippen molar-refractivity contribution in [2.24, 2.45) is 0 Å². The number of carbonyl (C=O) groups excluding carboxylic acids is 2. The predicted molar refractivity (Wildman–Crippen MR) is 82.0 cm³/mol. The number of aliphatic hydroxyl groups excluding tert-OH is 1. The van der Waals surface area contributed by atoms with Crippen molar-refractivity contribution >= 4 is 46.9 Å². The highest BCUT2D eigenvalue weighted by atomic mass is 35.6. The molecule has 0 heterocycles. The minimum absolute atomic E-state index is 0.416. The number of nitrogens with one attached hydrogen (secondary N) is 1. The van der Waals surface area contributed by atoms with Crippen molar-refractivity contribution in [1.82, 2.24) is 5.32 Å². The molecule has 0 aliphatic rings. The van der Waals surface area contributed by atoms with Gasteiger partial charge in [-0.05, 0) is 5.56 Å². The van der Waals surface area contributed by atoms with E-state index < -0.39 is 34.6 Å². The Bertz CT molecular complexity index is 506. The van der Waals surface area contributed by atoms with Crippen molar-refractivity contribution in [3.63, 3.8) is 0 Å². The number of hydrogen-bond donors (Lipinski definition) is 2. The van der Waals surface area contributed by atoms with Crippen LogP contribution < -0.4 is 5.32 Å². The van der Waals surface area contributed by atoms with E-state index in [0.717, 1.165) is 7.11 Å². The number of rotatable bonds is 5. The molecule has 1 rings (SSSR count). The van der Waals surface area contributed by atoms with Crippen LogP contribution in [0.4, 0.5) is 4.79 Å². The van der Waals surface area contributed by atoms with E-state index >= 15 is 0 Å². The third-order valence-electron chi connectivity index (χ3n) is 2.55. The van der Waals surface area contributed by atoms with Crippen LogP contribution in [0.15, 0.2) is 30.3 Å². The van der Waals surface area contributed by atoms with Crippen LogP contribution in [0.3, 0.4) is 0 Å². The molecular formula is C13H14Cl3NO5. The molecule has 2 N–H and O–H groups in total. The molecule has 0 bridgehead atoms. The number of carbonyl (C=O) groups is 2. The van der Waals surface area contributed by atoms with Crippen molar-refractivity contribution in [3.8, 4) is 0 Å². The maximum Gasteiger partial charge on any atom is 0.408 e. The van der Waals surface area contributed by atoms with Gasteiger partial charge in [0.2, 0.25) is 3.79 Å². The largest absolute Gasteiger partial charge is 0.467 e. The van der Waals surface area contributed by atoms with Crippen molar-refractivity contribution in [3.05, 3.63) is 35.9 Å². The zero-order valence-electron chi connectivity index (χ0n) is 11.5. The fraction of sp³-hybridized carbons (Fsp3) is 0.385. The summed E-state index contributed by atoms with van der Waals surface area (Å²) in [6.45, 7) is -0.515. The molecule has 6 nitrogen and oxygen atoms in total. The summed E-state index contributed by atoms with van der Waals surface area (Å²) in [5, 5.41) is 12.4. The molecule has 122 valence electrons. The summed E-state index contributed by atoms with van der Waals surface area (Å²) in [5.41, 5.74) is 0.416. The number of alkyl halides is 3. The quantitative estimate of drug-likeness (QED) is 0.614. The number of aliphatic hydroxyl groups is 1. The topological polar surface area (TPSA) is 84.9 Å². The van der Waals surface area contributed by atoms with E-state index in [4.69, 9.17) is 34.8 Å². The average molecular weight is 371 g/mol. The summed E-state index contributed by atoms with van der Waals surface area (Å²) < 4.78 is 7.43. The first-order valence-electron chi connectivity index (χ1n) is 6.05. The van der Waals surface area contributed by atoms with E-state index in [2.05, 4.69) is 14.8 Å². The van der Waals surface area contributed by atoms with Gasteiger partial charge in [-0.1, -0.05) is 65.1 Å². The summed E-state index contributed by atoms with van der Waals surface area (Å²) in [7, 11) is 1.13. The standard InChI is InChI=1S/C13H14Cl3NO5/c1-21-11(19)9(10(18)8-5-3-2-4-6-8)17-12(20)22-7-13(14,15)16/h2-6,9-10,18H,7H2,1H3,(H,17,20)/t9-,10+/m0/s1. The minimum atomic E-state index is -1.78. The van der Waals surface area contributed by atoms with E-state index in [0.29, 0.717) is 5.56 Å².